The van der Waals surface area contributed by atoms with Gasteiger partial charge in [0.25, 0.3) is 0 Å². The van der Waals surface area contributed by atoms with Gasteiger partial charge in [0.05, 0.1) is 6.04 Å². The Labute approximate surface area is 115 Å². The van der Waals surface area contributed by atoms with Gasteiger partial charge in [0.2, 0.25) is 0 Å². The van der Waals surface area contributed by atoms with Crippen molar-refractivity contribution in [2.45, 2.75) is 71.6 Å². The fraction of sp³-hybridized carbons (Fsp3) is 0.786. The lowest BCUT2D eigenvalue weighted by Gasteiger charge is -2.39. The maximum atomic E-state index is 12.2. The van der Waals surface area contributed by atoms with Gasteiger partial charge in [0.1, 0.15) is 5.60 Å². The number of carbonyl (C=O) groups excluding carboxylic acids is 1. The molecule has 0 aromatic rings. The molecule has 1 aliphatic heterocycles. The molecule has 0 saturated carbocycles. The minimum absolute atomic E-state index is 0.00218. The normalized spacial score (nSPS) is 24.8. The number of amides is 1. The summed E-state index contributed by atoms with van der Waals surface area (Å²) in [6.07, 6.45) is 4.40. The molecule has 0 saturated heterocycles. The van der Waals surface area contributed by atoms with Gasteiger partial charge >= 0.3 is 6.09 Å². The summed E-state index contributed by atoms with van der Waals surface area (Å²) in [7, 11) is 0. The second-order valence-electron chi connectivity index (χ2n) is 5.89. The Hall–Kier alpha value is -0.700. The molecule has 0 bridgehead atoms. The topological polar surface area (TPSA) is 29.5 Å². The van der Waals surface area contributed by atoms with E-state index in [1.54, 1.807) is 0 Å². The van der Waals surface area contributed by atoms with Gasteiger partial charge in [-0.15, -0.1) is 0 Å². The third kappa shape index (κ3) is 4.20. The van der Waals surface area contributed by atoms with Crippen LogP contribution in [-0.4, -0.2) is 28.7 Å². The maximum Gasteiger partial charge on any atom is 0.411 e. The Morgan fingerprint density at radius 3 is 2.67 bits per heavy atom. The molecule has 0 aromatic heterocycles. The minimum Gasteiger partial charge on any atom is -0.444 e. The van der Waals surface area contributed by atoms with Crippen molar-refractivity contribution in [1.29, 1.82) is 0 Å². The van der Waals surface area contributed by atoms with Crippen molar-refractivity contribution < 1.29 is 9.53 Å². The van der Waals surface area contributed by atoms with Crippen LogP contribution < -0.4 is 0 Å². The molecule has 1 rings (SSSR count). The zero-order valence-corrected chi connectivity index (χ0v) is 12.8. The summed E-state index contributed by atoms with van der Waals surface area (Å²) in [5.74, 6) is 0. The smallest absolute Gasteiger partial charge is 0.411 e. The molecule has 1 amide bonds. The second kappa shape index (κ2) is 5.96. The third-order valence-corrected chi connectivity index (χ3v) is 3.19. The van der Waals surface area contributed by atoms with Gasteiger partial charge in [-0.25, -0.2) is 4.79 Å². The first kappa shape index (κ1) is 15.4. The van der Waals surface area contributed by atoms with Crippen LogP contribution in [0, 0.1) is 0 Å². The van der Waals surface area contributed by atoms with Gasteiger partial charge in [-0.3, -0.25) is 4.90 Å². The summed E-state index contributed by atoms with van der Waals surface area (Å²) < 4.78 is 5.47. The van der Waals surface area contributed by atoms with Crippen molar-refractivity contribution in [1.82, 2.24) is 4.90 Å². The number of halogens is 1. The maximum absolute atomic E-state index is 12.2. The Morgan fingerprint density at radius 1 is 1.56 bits per heavy atom. The molecule has 0 aliphatic carbocycles. The molecular weight excluding hydrogens is 250 g/mol. The molecule has 2 atom stereocenters. The number of carbonyl (C=O) groups is 1. The fourth-order valence-electron chi connectivity index (χ4n) is 2.27. The van der Waals surface area contributed by atoms with Gasteiger partial charge < -0.3 is 4.74 Å². The standard InChI is InChI=1S/C14H24ClNO2/c1-6-7-12-9-11(15)8-10(2)16(12)13(17)18-14(3,4)5/h8,10,12H,6-7,9H2,1-5H3/t10-,12-/m0/s1. The first-order valence-electron chi connectivity index (χ1n) is 6.62. The molecule has 0 radical (unpaired) electrons. The van der Waals surface area contributed by atoms with Gasteiger partial charge in [-0.2, -0.15) is 0 Å². The zero-order valence-electron chi connectivity index (χ0n) is 12.0. The first-order chi connectivity index (χ1) is 8.24. The highest BCUT2D eigenvalue weighted by Gasteiger charge is 2.33. The highest BCUT2D eigenvalue weighted by molar-refractivity contribution is 6.29. The van der Waals surface area contributed by atoms with Crippen molar-refractivity contribution in [3.63, 3.8) is 0 Å². The summed E-state index contributed by atoms with van der Waals surface area (Å²) in [6.45, 7) is 9.75. The van der Waals surface area contributed by atoms with Crippen molar-refractivity contribution in [2.75, 3.05) is 0 Å². The van der Waals surface area contributed by atoms with Gasteiger partial charge in [-0.1, -0.05) is 24.9 Å². The van der Waals surface area contributed by atoms with Gasteiger partial charge in [-0.05, 0) is 40.2 Å². The van der Waals surface area contributed by atoms with Crippen molar-refractivity contribution in [2.24, 2.45) is 0 Å². The zero-order chi connectivity index (χ0) is 13.9. The van der Waals surface area contributed by atoms with Gasteiger partial charge in [0, 0.05) is 17.5 Å². The molecule has 0 N–H and O–H groups in total. The highest BCUT2D eigenvalue weighted by atomic mass is 35.5. The van der Waals surface area contributed by atoms with Crippen molar-refractivity contribution >= 4 is 17.7 Å². The molecular formula is C14H24ClNO2. The van der Waals surface area contributed by atoms with Crippen LogP contribution in [0.4, 0.5) is 4.79 Å². The van der Waals surface area contributed by atoms with E-state index < -0.39 is 5.60 Å². The van der Waals surface area contributed by atoms with Crippen LogP contribution in [0.25, 0.3) is 0 Å². The summed E-state index contributed by atoms with van der Waals surface area (Å²) in [6, 6.07) is 0.148. The molecule has 104 valence electrons. The third-order valence-electron chi connectivity index (χ3n) is 2.91. The summed E-state index contributed by atoms with van der Waals surface area (Å²) in [5.41, 5.74) is -0.460. The Balaban J connectivity index is 2.84. The van der Waals surface area contributed by atoms with E-state index in [2.05, 4.69) is 6.92 Å². The fourth-order valence-corrected chi connectivity index (χ4v) is 2.63. The quantitative estimate of drug-likeness (QED) is 0.750. The van der Waals surface area contributed by atoms with Crippen LogP contribution in [0.5, 0.6) is 0 Å². The lowest BCUT2D eigenvalue weighted by Crippen LogP contribution is -2.49. The van der Waals surface area contributed by atoms with E-state index in [-0.39, 0.29) is 18.2 Å². The summed E-state index contributed by atoms with van der Waals surface area (Å²) in [5, 5.41) is 0.848. The molecule has 0 aromatic carbocycles. The summed E-state index contributed by atoms with van der Waals surface area (Å²) in [4.78, 5) is 14.1. The molecule has 4 heteroatoms. The van der Waals surface area contributed by atoms with Crippen LogP contribution in [-0.2, 0) is 4.74 Å². The molecule has 0 fully saturated rings. The monoisotopic (exact) mass is 273 g/mol. The average Bonchev–Trinajstić information content (AvgIpc) is 2.13. The Morgan fingerprint density at radius 2 is 2.17 bits per heavy atom. The van der Waals surface area contributed by atoms with E-state index in [1.165, 1.54) is 0 Å². The number of nitrogens with zero attached hydrogens (tertiary/aromatic N) is 1. The van der Waals surface area contributed by atoms with Crippen molar-refractivity contribution in [3.05, 3.63) is 11.1 Å². The van der Waals surface area contributed by atoms with E-state index in [9.17, 15) is 4.79 Å². The van der Waals surface area contributed by atoms with Crippen molar-refractivity contribution in [3.8, 4) is 0 Å². The Bertz CT molecular complexity index is 333. The second-order valence-corrected chi connectivity index (χ2v) is 6.37. The molecule has 1 heterocycles. The number of hydrogen-bond acceptors (Lipinski definition) is 2. The van der Waals surface area contributed by atoms with Crippen LogP contribution in [0.2, 0.25) is 0 Å². The molecule has 3 nitrogen and oxygen atoms in total. The number of ether oxygens (including phenoxy) is 1. The van der Waals surface area contributed by atoms with Crippen LogP contribution in [0.1, 0.15) is 53.9 Å². The van der Waals surface area contributed by atoms with E-state index in [0.717, 1.165) is 24.3 Å². The van der Waals surface area contributed by atoms with Gasteiger partial charge in [0.15, 0.2) is 0 Å². The van der Waals surface area contributed by atoms with Crippen LogP contribution in [0.15, 0.2) is 11.1 Å². The largest absolute Gasteiger partial charge is 0.444 e. The van der Waals surface area contributed by atoms with E-state index >= 15 is 0 Å². The predicted molar refractivity (Wildman–Crippen MR) is 74.8 cm³/mol. The number of hydrogen-bond donors (Lipinski definition) is 0. The number of rotatable bonds is 2. The molecule has 0 unspecified atom stereocenters. The first-order valence-corrected chi connectivity index (χ1v) is 7.00. The average molecular weight is 274 g/mol. The molecule has 1 aliphatic rings. The van der Waals surface area contributed by atoms with E-state index in [1.807, 2.05) is 38.7 Å². The highest BCUT2D eigenvalue weighted by Crippen LogP contribution is 2.29. The molecule has 0 spiro atoms. The van der Waals surface area contributed by atoms with Crippen LogP contribution in [0.3, 0.4) is 0 Å². The molecule has 18 heavy (non-hydrogen) atoms. The Kier molecular flexibility index (Phi) is 5.09. The van der Waals surface area contributed by atoms with E-state index in [0.29, 0.717) is 0 Å². The predicted octanol–water partition coefficient (Wildman–Crippen LogP) is 4.31. The summed E-state index contributed by atoms with van der Waals surface area (Å²) >= 11 is 6.13. The lowest BCUT2D eigenvalue weighted by atomic mass is 9.99. The minimum atomic E-state index is -0.460. The van der Waals surface area contributed by atoms with E-state index in [4.69, 9.17) is 16.3 Å². The van der Waals surface area contributed by atoms with Crippen LogP contribution >= 0.6 is 11.6 Å². The SMILES string of the molecule is CCC[C@H]1CC(Cl)=C[C@H](C)N1C(=O)OC(C)(C)C. The lowest BCUT2D eigenvalue weighted by molar-refractivity contribution is 0.00860.